The second-order valence-electron chi connectivity index (χ2n) is 3.92. The van der Waals surface area contributed by atoms with Crippen molar-refractivity contribution in [3.8, 4) is 0 Å². The van der Waals surface area contributed by atoms with Gasteiger partial charge in [-0.25, -0.2) is 0 Å². The van der Waals surface area contributed by atoms with Crippen LogP contribution in [0.4, 0.5) is 0 Å². The summed E-state index contributed by atoms with van der Waals surface area (Å²) in [7, 11) is 0. The van der Waals surface area contributed by atoms with E-state index in [1.54, 1.807) is 4.90 Å². The molecule has 1 unspecified atom stereocenters. The minimum atomic E-state index is -0.186. The molecule has 5 nitrogen and oxygen atoms in total. The Hall–Kier alpha value is -1.10. The predicted octanol–water partition coefficient (Wildman–Crippen LogP) is -0.647. The van der Waals surface area contributed by atoms with Crippen molar-refractivity contribution < 1.29 is 14.7 Å². The van der Waals surface area contributed by atoms with Crippen LogP contribution in [0.15, 0.2) is 0 Å². The molecular formula is C10H18N2O3. The normalized spacial score (nSPS) is 20.4. The van der Waals surface area contributed by atoms with Gasteiger partial charge in [-0.15, -0.1) is 0 Å². The minimum absolute atomic E-state index is 0.0364. The molecule has 15 heavy (non-hydrogen) atoms. The lowest BCUT2D eigenvalue weighted by Gasteiger charge is -2.16. The average molecular weight is 214 g/mol. The summed E-state index contributed by atoms with van der Waals surface area (Å²) < 4.78 is 0. The molecule has 1 rings (SSSR count). The van der Waals surface area contributed by atoms with Crippen LogP contribution in [0, 0.1) is 5.92 Å². The van der Waals surface area contributed by atoms with E-state index in [0.29, 0.717) is 12.5 Å². The van der Waals surface area contributed by atoms with Crippen molar-refractivity contribution in [3.63, 3.8) is 0 Å². The number of nitrogens with zero attached hydrogens (tertiary/aromatic N) is 1. The van der Waals surface area contributed by atoms with E-state index >= 15 is 0 Å². The molecule has 86 valence electrons. The number of carbonyl (C=O) groups is 2. The molecule has 0 aromatic carbocycles. The third-order valence-corrected chi connectivity index (χ3v) is 2.66. The Kier molecular flexibility index (Phi) is 4.55. The van der Waals surface area contributed by atoms with Crippen molar-refractivity contribution in [1.29, 1.82) is 0 Å². The number of aliphatic hydroxyl groups excluding tert-OH is 1. The van der Waals surface area contributed by atoms with E-state index in [9.17, 15) is 9.59 Å². The van der Waals surface area contributed by atoms with Crippen molar-refractivity contribution in [2.24, 2.45) is 5.92 Å². The first-order valence-corrected chi connectivity index (χ1v) is 5.26. The van der Waals surface area contributed by atoms with E-state index < -0.39 is 0 Å². The predicted molar refractivity (Wildman–Crippen MR) is 55.1 cm³/mol. The van der Waals surface area contributed by atoms with Crippen molar-refractivity contribution in [3.05, 3.63) is 0 Å². The van der Waals surface area contributed by atoms with Gasteiger partial charge in [-0.1, -0.05) is 0 Å². The van der Waals surface area contributed by atoms with Gasteiger partial charge >= 0.3 is 0 Å². The summed E-state index contributed by atoms with van der Waals surface area (Å²) in [5, 5.41) is 11.3. The smallest absolute Gasteiger partial charge is 0.241 e. The van der Waals surface area contributed by atoms with E-state index in [0.717, 1.165) is 19.4 Å². The average Bonchev–Trinajstić information content (AvgIpc) is 2.63. The first-order chi connectivity index (χ1) is 7.13. The zero-order valence-electron chi connectivity index (χ0n) is 9.03. The number of hydrogen-bond acceptors (Lipinski definition) is 3. The molecule has 0 aromatic rings. The lowest BCUT2D eigenvalue weighted by Crippen LogP contribution is -2.38. The molecule has 5 heteroatoms. The summed E-state index contributed by atoms with van der Waals surface area (Å²) in [5.74, 6) is 0.191. The van der Waals surface area contributed by atoms with Crippen molar-refractivity contribution >= 4 is 11.8 Å². The molecule has 0 radical (unpaired) electrons. The zero-order valence-corrected chi connectivity index (χ0v) is 9.03. The zero-order chi connectivity index (χ0) is 11.3. The van der Waals surface area contributed by atoms with Gasteiger partial charge in [-0.2, -0.15) is 0 Å². The van der Waals surface area contributed by atoms with Crippen LogP contribution in [-0.4, -0.2) is 48.1 Å². The molecule has 0 spiro atoms. The fraction of sp³-hybridized carbons (Fsp3) is 0.800. The number of hydrogen-bond donors (Lipinski definition) is 2. The standard InChI is InChI=1S/C10H18N2O3/c1-8(14)11-6-10(15)12-4-2-9(7-12)3-5-13/h9,13H,2-7H2,1H3,(H,11,14). The maximum Gasteiger partial charge on any atom is 0.241 e. The summed E-state index contributed by atoms with van der Waals surface area (Å²) in [4.78, 5) is 23.9. The van der Waals surface area contributed by atoms with Crippen LogP contribution in [-0.2, 0) is 9.59 Å². The van der Waals surface area contributed by atoms with E-state index in [-0.39, 0.29) is 25.0 Å². The van der Waals surface area contributed by atoms with Gasteiger partial charge in [0.2, 0.25) is 11.8 Å². The highest BCUT2D eigenvalue weighted by molar-refractivity contribution is 5.83. The van der Waals surface area contributed by atoms with Crippen LogP contribution in [0.5, 0.6) is 0 Å². The molecule has 2 amide bonds. The molecule has 0 aromatic heterocycles. The number of likely N-dealkylation sites (tertiary alicyclic amines) is 1. The monoisotopic (exact) mass is 214 g/mol. The molecule has 0 saturated carbocycles. The highest BCUT2D eigenvalue weighted by atomic mass is 16.3. The molecule has 0 aliphatic carbocycles. The summed E-state index contributed by atoms with van der Waals surface area (Å²) in [6.45, 7) is 3.10. The Morgan fingerprint density at radius 3 is 2.87 bits per heavy atom. The molecule has 1 aliphatic heterocycles. The molecule has 1 atom stereocenters. The molecule has 2 N–H and O–H groups in total. The van der Waals surface area contributed by atoms with Crippen LogP contribution in [0.1, 0.15) is 19.8 Å². The van der Waals surface area contributed by atoms with Gasteiger partial charge in [-0.3, -0.25) is 9.59 Å². The van der Waals surface area contributed by atoms with Crippen molar-refractivity contribution in [2.75, 3.05) is 26.2 Å². The van der Waals surface area contributed by atoms with Crippen LogP contribution in [0.2, 0.25) is 0 Å². The Balaban J connectivity index is 2.27. The third-order valence-electron chi connectivity index (χ3n) is 2.66. The molecule has 1 fully saturated rings. The summed E-state index contributed by atoms with van der Waals surface area (Å²) >= 11 is 0. The first-order valence-electron chi connectivity index (χ1n) is 5.26. The summed E-state index contributed by atoms with van der Waals surface area (Å²) in [6, 6.07) is 0. The van der Waals surface area contributed by atoms with Gasteiger partial charge in [0.25, 0.3) is 0 Å². The fourth-order valence-electron chi connectivity index (χ4n) is 1.79. The van der Waals surface area contributed by atoms with Crippen molar-refractivity contribution in [2.45, 2.75) is 19.8 Å². The Bertz CT molecular complexity index is 243. The number of nitrogens with one attached hydrogen (secondary N) is 1. The van der Waals surface area contributed by atoms with Crippen LogP contribution < -0.4 is 5.32 Å². The summed E-state index contributed by atoms with van der Waals surface area (Å²) in [6.07, 6.45) is 1.70. The topological polar surface area (TPSA) is 69.6 Å². The van der Waals surface area contributed by atoms with E-state index in [2.05, 4.69) is 5.32 Å². The first kappa shape index (κ1) is 12.0. The maximum absolute atomic E-state index is 11.5. The second kappa shape index (κ2) is 5.70. The van der Waals surface area contributed by atoms with Gasteiger partial charge in [-0.05, 0) is 18.8 Å². The highest BCUT2D eigenvalue weighted by Crippen LogP contribution is 2.18. The number of amides is 2. The van der Waals surface area contributed by atoms with Gasteiger partial charge < -0.3 is 15.3 Å². The van der Waals surface area contributed by atoms with E-state index in [1.807, 2.05) is 0 Å². The van der Waals surface area contributed by atoms with Gasteiger partial charge in [0, 0.05) is 26.6 Å². The summed E-state index contributed by atoms with van der Waals surface area (Å²) in [5.41, 5.74) is 0. The molecule has 1 saturated heterocycles. The second-order valence-corrected chi connectivity index (χ2v) is 3.92. The maximum atomic E-state index is 11.5. The number of rotatable bonds is 4. The Morgan fingerprint density at radius 2 is 2.27 bits per heavy atom. The minimum Gasteiger partial charge on any atom is -0.396 e. The van der Waals surface area contributed by atoms with Crippen LogP contribution >= 0.6 is 0 Å². The Labute approximate surface area is 89.4 Å². The van der Waals surface area contributed by atoms with Crippen LogP contribution in [0.3, 0.4) is 0 Å². The van der Waals surface area contributed by atoms with Gasteiger partial charge in [0.05, 0.1) is 6.54 Å². The number of carbonyl (C=O) groups excluding carboxylic acids is 2. The molecule has 0 bridgehead atoms. The molecule has 1 aliphatic rings. The van der Waals surface area contributed by atoms with Gasteiger partial charge in [0.15, 0.2) is 0 Å². The van der Waals surface area contributed by atoms with Crippen LogP contribution in [0.25, 0.3) is 0 Å². The lowest BCUT2D eigenvalue weighted by molar-refractivity contribution is -0.131. The van der Waals surface area contributed by atoms with Crippen molar-refractivity contribution in [1.82, 2.24) is 10.2 Å². The Morgan fingerprint density at radius 1 is 1.53 bits per heavy atom. The third kappa shape index (κ3) is 3.87. The SMILES string of the molecule is CC(=O)NCC(=O)N1CCC(CCO)C1. The lowest BCUT2D eigenvalue weighted by atomic mass is 10.1. The quantitative estimate of drug-likeness (QED) is 0.653. The van der Waals surface area contributed by atoms with Gasteiger partial charge in [0.1, 0.15) is 0 Å². The largest absolute Gasteiger partial charge is 0.396 e. The fourth-order valence-corrected chi connectivity index (χ4v) is 1.79. The van der Waals surface area contributed by atoms with E-state index in [4.69, 9.17) is 5.11 Å². The highest BCUT2D eigenvalue weighted by Gasteiger charge is 2.25. The van der Waals surface area contributed by atoms with E-state index in [1.165, 1.54) is 6.92 Å². The number of aliphatic hydroxyl groups is 1. The molecule has 1 heterocycles. The molecular weight excluding hydrogens is 196 g/mol.